The second kappa shape index (κ2) is 10.3. The molecule has 1 N–H and O–H groups in total. The number of aryl methyl sites for hydroxylation is 1. The molecule has 0 amide bonds. The molecule has 0 saturated heterocycles. The van der Waals surface area contributed by atoms with E-state index in [1.807, 2.05) is 18.3 Å². The largest absolute Gasteiger partial charge is 0.365 e. The summed E-state index contributed by atoms with van der Waals surface area (Å²) in [6, 6.07) is 4.15. The van der Waals surface area contributed by atoms with E-state index in [1.165, 1.54) is 24.1 Å². The third-order valence-corrected chi connectivity index (χ3v) is 2.44. The van der Waals surface area contributed by atoms with Gasteiger partial charge in [-0.05, 0) is 31.4 Å². The van der Waals surface area contributed by atoms with Gasteiger partial charge in [0.1, 0.15) is 0 Å². The zero-order valence-corrected chi connectivity index (χ0v) is 12.2. The maximum absolute atomic E-state index is 3.66. The van der Waals surface area contributed by atoms with Crippen LogP contribution in [0, 0.1) is 0 Å². The summed E-state index contributed by atoms with van der Waals surface area (Å²) in [6.45, 7) is 5.84. The summed E-state index contributed by atoms with van der Waals surface area (Å²) in [5, 5.41) is 0. The van der Waals surface area contributed by atoms with Crippen molar-refractivity contribution in [2.75, 3.05) is 0 Å². The summed E-state index contributed by atoms with van der Waals surface area (Å²) in [6.07, 6.45) is 14.9. The van der Waals surface area contributed by atoms with Crippen LogP contribution in [0.25, 0.3) is 0 Å². The monoisotopic (exact) mass is 317 g/mol. The molecular formula is C15H21NRu. The zero-order valence-electron chi connectivity index (χ0n) is 10.4. The van der Waals surface area contributed by atoms with Crippen molar-refractivity contribution >= 4 is 0 Å². The molecule has 0 atom stereocenters. The average Bonchev–Trinajstić information content (AvgIpc) is 2.92. The molecule has 0 bridgehead atoms. The molecule has 1 heterocycles. The van der Waals surface area contributed by atoms with E-state index in [0.717, 1.165) is 12.8 Å². The molecule has 1 aromatic rings. The van der Waals surface area contributed by atoms with Crippen LogP contribution in [0.1, 0.15) is 31.9 Å². The van der Waals surface area contributed by atoms with E-state index in [2.05, 4.69) is 42.8 Å². The Morgan fingerprint density at radius 2 is 2.29 bits per heavy atom. The second-order valence-corrected chi connectivity index (χ2v) is 3.90. The Kier molecular flexibility index (Phi) is 9.76. The Balaban J connectivity index is 0.000000284. The van der Waals surface area contributed by atoms with Gasteiger partial charge in [0.05, 0.1) is 0 Å². The van der Waals surface area contributed by atoms with Crippen LogP contribution in [-0.2, 0) is 25.9 Å². The normalized spacial score (nSPS) is 12.2. The van der Waals surface area contributed by atoms with Gasteiger partial charge in [0, 0.05) is 31.4 Å². The van der Waals surface area contributed by atoms with Crippen molar-refractivity contribution < 1.29 is 19.5 Å². The van der Waals surface area contributed by atoms with Gasteiger partial charge in [-0.2, -0.15) is 0 Å². The predicted molar refractivity (Wildman–Crippen MR) is 71.4 cm³/mol. The zero-order chi connectivity index (χ0) is 11.6. The molecule has 1 nitrogen and oxygen atoms in total. The molecule has 1 aliphatic carbocycles. The van der Waals surface area contributed by atoms with Crippen molar-refractivity contribution in [1.82, 2.24) is 4.98 Å². The second-order valence-electron chi connectivity index (χ2n) is 3.90. The molecule has 0 saturated carbocycles. The number of nitrogens with one attached hydrogen (secondary N) is 1. The van der Waals surface area contributed by atoms with Crippen LogP contribution in [0.2, 0.25) is 0 Å². The third kappa shape index (κ3) is 7.12. The molecule has 0 fully saturated rings. The van der Waals surface area contributed by atoms with Gasteiger partial charge in [-0.1, -0.05) is 43.2 Å². The summed E-state index contributed by atoms with van der Waals surface area (Å²) in [7, 11) is 0. The molecule has 0 unspecified atom stereocenters. The molecule has 0 radical (unpaired) electrons. The van der Waals surface area contributed by atoms with E-state index in [4.69, 9.17) is 0 Å². The summed E-state index contributed by atoms with van der Waals surface area (Å²) in [4.78, 5) is 3.14. The number of allylic oxidation sites excluding steroid dienone is 5. The van der Waals surface area contributed by atoms with Crippen LogP contribution in [0.4, 0.5) is 0 Å². The van der Waals surface area contributed by atoms with Crippen LogP contribution in [0.5, 0.6) is 0 Å². The number of hydrogen-bond acceptors (Lipinski definition) is 0. The van der Waals surface area contributed by atoms with Crippen molar-refractivity contribution in [2.45, 2.75) is 32.6 Å². The van der Waals surface area contributed by atoms with Gasteiger partial charge in [0.25, 0.3) is 0 Å². The molecule has 1 aromatic heterocycles. The fourth-order valence-electron chi connectivity index (χ4n) is 1.62. The van der Waals surface area contributed by atoms with Gasteiger partial charge in [0.15, 0.2) is 0 Å². The van der Waals surface area contributed by atoms with Crippen molar-refractivity contribution in [3.05, 3.63) is 60.5 Å². The molecule has 0 aliphatic heterocycles. The van der Waals surface area contributed by atoms with Crippen LogP contribution >= 0.6 is 0 Å². The Labute approximate surface area is 117 Å². The van der Waals surface area contributed by atoms with E-state index in [1.54, 1.807) is 0 Å². The van der Waals surface area contributed by atoms with E-state index in [-0.39, 0.29) is 19.5 Å². The molecule has 2 rings (SSSR count). The van der Waals surface area contributed by atoms with Gasteiger partial charge in [0.2, 0.25) is 0 Å². The summed E-state index contributed by atoms with van der Waals surface area (Å²) >= 11 is 0. The van der Waals surface area contributed by atoms with Gasteiger partial charge in [-0.25, -0.2) is 0 Å². The van der Waals surface area contributed by atoms with Crippen LogP contribution in [0.3, 0.4) is 0 Å². The quantitative estimate of drug-likeness (QED) is 0.625. The topological polar surface area (TPSA) is 15.8 Å². The van der Waals surface area contributed by atoms with E-state index in [9.17, 15) is 0 Å². The van der Waals surface area contributed by atoms with Gasteiger partial charge >= 0.3 is 0 Å². The molecule has 1 aliphatic rings. The minimum Gasteiger partial charge on any atom is -0.365 e. The molecule has 0 spiro atoms. The van der Waals surface area contributed by atoms with E-state index in [0.29, 0.717) is 0 Å². The van der Waals surface area contributed by atoms with E-state index >= 15 is 0 Å². The third-order valence-electron chi connectivity index (χ3n) is 2.44. The maximum Gasteiger partial charge on any atom is 0.0147 e. The summed E-state index contributed by atoms with van der Waals surface area (Å²) < 4.78 is 0. The Morgan fingerprint density at radius 1 is 1.47 bits per heavy atom. The fourth-order valence-corrected chi connectivity index (χ4v) is 1.62. The van der Waals surface area contributed by atoms with Crippen LogP contribution in [-0.4, -0.2) is 4.98 Å². The van der Waals surface area contributed by atoms with Crippen molar-refractivity contribution in [2.24, 2.45) is 0 Å². The first kappa shape index (κ1) is 16.1. The maximum atomic E-state index is 3.66. The SMILES string of the molecule is C=CCC1=CC=CC1.CCCc1ccc[nH]1.[Ru]. The number of rotatable bonds is 4. The minimum absolute atomic E-state index is 0. The first-order valence-corrected chi connectivity index (χ1v) is 5.94. The standard InChI is InChI=1S/C8H10.C7H11N.Ru/c1-2-5-8-6-3-4-7-8;1-2-4-7-5-3-6-8-7;/h2-4,6H,1,5,7H2;3,5-6,8H,2,4H2,1H3;. The summed E-state index contributed by atoms with van der Waals surface area (Å²) in [5.74, 6) is 0. The smallest absolute Gasteiger partial charge is 0.0147 e. The van der Waals surface area contributed by atoms with Gasteiger partial charge < -0.3 is 4.98 Å². The van der Waals surface area contributed by atoms with Crippen molar-refractivity contribution in [3.63, 3.8) is 0 Å². The Morgan fingerprint density at radius 3 is 2.76 bits per heavy atom. The van der Waals surface area contributed by atoms with Crippen molar-refractivity contribution in [1.29, 1.82) is 0 Å². The van der Waals surface area contributed by atoms with Crippen molar-refractivity contribution in [3.8, 4) is 0 Å². The van der Waals surface area contributed by atoms with Gasteiger partial charge in [-0.3, -0.25) is 0 Å². The van der Waals surface area contributed by atoms with Crippen LogP contribution < -0.4 is 0 Å². The number of H-pyrrole nitrogens is 1. The average molecular weight is 316 g/mol. The molecule has 17 heavy (non-hydrogen) atoms. The molecular weight excluding hydrogens is 295 g/mol. The summed E-state index contributed by atoms with van der Waals surface area (Å²) in [5.41, 5.74) is 2.81. The molecule has 94 valence electrons. The fraction of sp³-hybridized carbons (Fsp3) is 0.333. The predicted octanol–water partition coefficient (Wildman–Crippen LogP) is 4.41. The number of aromatic nitrogens is 1. The molecule has 0 aromatic carbocycles. The Hall–Kier alpha value is -0.877. The van der Waals surface area contributed by atoms with Crippen LogP contribution in [0.15, 0.2) is 54.8 Å². The number of hydrogen-bond donors (Lipinski definition) is 1. The van der Waals surface area contributed by atoms with Gasteiger partial charge in [-0.15, -0.1) is 6.58 Å². The first-order chi connectivity index (χ1) is 7.86. The first-order valence-electron chi connectivity index (χ1n) is 5.94. The number of aromatic amines is 1. The van der Waals surface area contributed by atoms with E-state index < -0.39 is 0 Å². The molecule has 2 heteroatoms. The Bertz CT molecular complexity index is 347. The minimum atomic E-state index is 0.